The highest BCUT2D eigenvalue weighted by Crippen LogP contribution is 2.44. The monoisotopic (exact) mass is 725 g/mol. The standard InChI is InChI=1S/C54H35NO/c1-3-13-44-38(10-1)12-7-16-45(44)40-24-22-36(23-25-40)37-26-31-42(32-27-37)55(51-19-9-21-53-54(51)50-15-5-6-20-52(50)56-53)43-33-28-41(29-34-43)47-17-8-18-48-46-14-4-2-11-39(46)30-35-49(47)48/h1-35H/i22D,23D,24D,25D,26D,27D,28D,29D,31D,32D,33D,34D. The van der Waals surface area contributed by atoms with Gasteiger partial charge in [-0.1, -0.05) is 170 Å². The van der Waals surface area contributed by atoms with E-state index in [-0.39, 0.29) is 22.5 Å². The number of benzene rings is 10. The van der Waals surface area contributed by atoms with E-state index in [0.29, 0.717) is 43.8 Å². The van der Waals surface area contributed by atoms with Crippen molar-refractivity contribution in [1.82, 2.24) is 0 Å². The molecule has 0 bridgehead atoms. The normalized spacial score (nSPS) is 14.6. The van der Waals surface area contributed by atoms with Gasteiger partial charge in [-0.3, -0.25) is 0 Å². The number of furan rings is 1. The van der Waals surface area contributed by atoms with Crippen molar-refractivity contribution in [2.24, 2.45) is 0 Å². The number of rotatable bonds is 6. The van der Waals surface area contributed by atoms with Crippen molar-refractivity contribution in [3.63, 3.8) is 0 Å². The van der Waals surface area contributed by atoms with Crippen LogP contribution in [0.15, 0.2) is 216 Å². The van der Waals surface area contributed by atoms with Crippen LogP contribution < -0.4 is 4.90 Å². The van der Waals surface area contributed by atoms with E-state index in [1.165, 1.54) is 4.90 Å². The van der Waals surface area contributed by atoms with Gasteiger partial charge in [0.05, 0.1) is 27.5 Å². The van der Waals surface area contributed by atoms with Crippen molar-refractivity contribution < 1.29 is 20.9 Å². The second-order valence-electron chi connectivity index (χ2n) is 13.5. The average Bonchev–Trinajstić information content (AvgIpc) is 3.74. The van der Waals surface area contributed by atoms with Gasteiger partial charge in [-0.15, -0.1) is 0 Å². The van der Waals surface area contributed by atoms with Crippen LogP contribution in [0.2, 0.25) is 0 Å². The molecular formula is C54H35NO. The Hall–Kier alpha value is -7.42. The Kier molecular flexibility index (Phi) is 5.19. The summed E-state index contributed by atoms with van der Waals surface area (Å²) >= 11 is 0. The number of para-hydroxylation sites is 1. The molecule has 262 valence electrons. The Morgan fingerprint density at radius 1 is 0.339 bits per heavy atom. The van der Waals surface area contributed by atoms with Gasteiger partial charge in [0.25, 0.3) is 0 Å². The molecule has 56 heavy (non-hydrogen) atoms. The van der Waals surface area contributed by atoms with Crippen LogP contribution in [0.3, 0.4) is 0 Å². The van der Waals surface area contributed by atoms with Crippen molar-refractivity contribution in [1.29, 1.82) is 0 Å². The smallest absolute Gasteiger partial charge is 0.137 e. The lowest BCUT2D eigenvalue weighted by Gasteiger charge is -2.26. The van der Waals surface area contributed by atoms with Crippen LogP contribution in [0.1, 0.15) is 16.4 Å². The van der Waals surface area contributed by atoms with Gasteiger partial charge in [-0.25, -0.2) is 0 Å². The van der Waals surface area contributed by atoms with Crippen LogP contribution in [-0.2, 0) is 0 Å². The summed E-state index contributed by atoms with van der Waals surface area (Å²) in [5.41, 5.74) is 0.292. The van der Waals surface area contributed by atoms with Crippen LogP contribution in [-0.4, -0.2) is 0 Å². The van der Waals surface area contributed by atoms with E-state index in [4.69, 9.17) is 4.42 Å². The Labute approximate surface area is 342 Å². The molecule has 2 heteroatoms. The zero-order valence-electron chi connectivity index (χ0n) is 41.6. The molecular weight excluding hydrogens is 679 g/mol. The molecule has 0 radical (unpaired) electrons. The summed E-state index contributed by atoms with van der Waals surface area (Å²) in [5.74, 6) is 0. The minimum Gasteiger partial charge on any atom is -0.456 e. The average molecular weight is 726 g/mol. The van der Waals surface area contributed by atoms with Crippen LogP contribution in [0.25, 0.3) is 87.6 Å². The first-order valence-corrected chi connectivity index (χ1v) is 18.2. The third-order valence-electron chi connectivity index (χ3n) is 10.3. The van der Waals surface area contributed by atoms with E-state index in [0.717, 1.165) is 21.5 Å². The highest BCUT2D eigenvalue weighted by Gasteiger charge is 2.20. The maximum atomic E-state index is 9.73. The van der Waals surface area contributed by atoms with Gasteiger partial charge in [0, 0.05) is 16.8 Å². The number of hydrogen-bond acceptors (Lipinski definition) is 2. The van der Waals surface area contributed by atoms with Crippen molar-refractivity contribution in [2.75, 3.05) is 4.90 Å². The topological polar surface area (TPSA) is 16.4 Å². The molecule has 10 aromatic carbocycles. The second kappa shape index (κ2) is 13.2. The molecule has 0 aliphatic rings. The Morgan fingerprint density at radius 3 is 1.55 bits per heavy atom. The van der Waals surface area contributed by atoms with Crippen LogP contribution in [0, 0.1) is 0 Å². The molecule has 0 amide bonds. The molecule has 0 spiro atoms. The summed E-state index contributed by atoms with van der Waals surface area (Å²) in [6.45, 7) is 0. The molecule has 11 rings (SSSR count). The second-order valence-corrected chi connectivity index (χ2v) is 13.5. The number of nitrogens with zero attached hydrogens (tertiary/aromatic N) is 1. The number of fused-ring (bicyclic) bond motifs is 7. The Balaban J connectivity index is 1.18. The van der Waals surface area contributed by atoms with E-state index in [1.54, 1.807) is 60.7 Å². The highest BCUT2D eigenvalue weighted by atomic mass is 16.3. The minimum atomic E-state index is -0.705. The zero-order chi connectivity index (χ0) is 47.4. The summed E-state index contributed by atoms with van der Waals surface area (Å²) in [7, 11) is 0. The lowest BCUT2D eigenvalue weighted by atomic mass is 9.94. The summed E-state index contributed by atoms with van der Waals surface area (Å²) in [6.07, 6.45) is 0. The van der Waals surface area contributed by atoms with Gasteiger partial charge in [0.2, 0.25) is 0 Å². The first kappa shape index (κ1) is 22.1. The van der Waals surface area contributed by atoms with Gasteiger partial charge < -0.3 is 9.32 Å². The lowest BCUT2D eigenvalue weighted by molar-refractivity contribution is 0.669. The predicted molar refractivity (Wildman–Crippen MR) is 237 cm³/mol. The predicted octanol–water partition coefficient (Wildman–Crippen LogP) is 15.5. The summed E-state index contributed by atoms with van der Waals surface area (Å²) in [5, 5.41) is 6.07. The molecule has 0 aliphatic carbocycles. The summed E-state index contributed by atoms with van der Waals surface area (Å²) in [4.78, 5) is 1.22. The Morgan fingerprint density at radius 2 is 0.821 bits per heavy atom. The van der Waals surface area contributed by atoms with Crippen LogP contribution >= 0.6 is 0 Å². The molecule has 2 nitrogen and oxygen atoms in total. The fourth-order valence-corrected chi connectivity index (χ4v) is 7.66. The molecule has 1 heterocycles. The molecule has 0 saturated carbocycles. The third-order valence-corrected chi connectivity index (χ3v) is 10.3. The minimum absolute atomic E-state index is 0.0164. The maximum Gasteiger partial charge on any atom is 0.137 e. The fourth-order valence-electron chi connectivity index (χ4n) is 7.66. The first-order valence-electron chi connectivity index (χ1n) is 24.2. The van der Waals surface area contributed by atoms with Gasteiger partial charge in [0.15, 0.2) is 0 Å². The molecule has 0 unspecified atom stereocenters. The molecule has 0 N–H and O–H groups in total. The van der Waals surface area contributed by atoms with Crippen molar-refractivity contribution in [3.05, 3.63) is 212 Å². The van der Waals surface area contributed by atoms with E-state index in [9.17, 15) is 16.4 Å². The van der Waals surface area contributed by atoms with Gasteiger partial charge in [-0.2, -0.15) is 0 Å². The zero-order valence-corrected chi connectivity index (χ0v) is 29.6. The maximum absolute atomic E-state index is 9.73. The Bertz CT molecular complexity index is 3880. The lowest BCUT2D eigenvalue weighted by Crippen LogP contribution is -2.10. The van der Waals surface area contributed by atoms with Crippen molar-refractivity contribution in [3.8, 4) is 33.4 Å². The van der Waals surface area contributed by atoms with Gasteiger partial charge in [-0.05, 0) is 108 Å². The molecule has 0 atom stereocenters. The first-order chi connectivity index (χ1) is 32.8. The molecule has 1 aromatic heterocycles. The van der Waals surface area contributed by atoms with E-state index < -0.39 is 89.3 Å². The van der Waals surface area contributed by atoms with Crippen molar-refractivity contribution in [2.45, 2.75) is 0 Å². The molecule has 11 aromatic rings. The van der Waals surface area contributed by atoms with Gasteiger partial charge >= 0.3 is 0 Å². The van der Waals surface area contributed by atoms with E-state index >= 15 is 0 Å². The SMILES string of the molecule is [2H]c1c([2H])c(-c2cccc3ccccc23)c([2H])c([2H])c1-c1c([2H])c([2H])c(N(c2c([2H])c([2H])c(-c3cccc4c3ccc3ccccc34)c([2H])c2[2H])c2cccc3oc4ccccc4c23)c([2H])c1[2H]. The van der Waals surface area contributed by atoms with E-state index in [2.05, 4.69) is 0 Å². The molecule has 0 aliphatic heterocycles. The highest BCUT2D eigenvalue weighted by molar-refractivity contribution is 6.14. The number of hydrogen-bond donors (Lipinski definition) is 0. The number of anilines is 3. The van der Waals surface area contributed by atoms with Crippen LogP contribution in [0.5, 0.6) is 0 Å². The summed E-state index contributed by atoms with van der Waals surface area (Å²) < 4.78 is 120. The quantitative estimate of drug-likeness (QED) is 0.159. The largest absolute Gasteiger partial charge is 0.456 e. The van der Waals surface area contributed by atoms with Crippen molar-refractivity contribution >= 4 is 71.3 Å². The summed E-state index contributed by atoms with van der Waals surface area (Å²) in [6, 6.07) is 35.4. The molecule has 0 saturated heterocycles. The van der Waals surface area contributed by atoms with Gasteiger partial charge in [0.1, 0.15) is 11.2 Å². The van der Waals surface area contributed by atoms with Crippen LogP contribution in [0.4, 0.5) is 17.1 Å². The fraction of sp³-hybridized carbons (Fsp3) is 0. The third kappa shape index (κ3) is 5.34. The molecule has 0 fully saturated rings. The van der Waals surface area contributed by atoms with E-state index in [1.807, 2.05) is 78.9 Å².